The number of carbonyl (C=O) groups excluding carboxylic acids is 3. The predicted molar refractivity (Wildman–Crippen MR) is 98.6 cm³/mol. The van der Waals surface area contributed by atoms with Crippen molar-refractivity contribution in [2.24, 2.45) is 0 Å². The van der Waals surface area contributed by atoms with E-state index in [1.807, 2.05) is 30.9 Å². The Labute approximate surface area is 155 Å². The zero-order valence-electron chi connectivity index (χ0n) is 15.9. The standard InChI is InChI=1S/C20H28N2O4/c1-15-5-6-16(2)17(13-15)14-19(24)22-10-4-9-21(11-12-22)18(23)7-8-20(25)26-3/h5-6,13H,4,7-12,14H2,1-3H3. The Morgan fingerprint density at radius 3 is 2.27 bits per heavy atom. The molecule has 0 bridgehead atoms. The number of esters is 1. The van der Waals surface area contributed by atoms with E-state index >= 15 is 0 Å². The lowest BCUT2D eigenvalue weighted by atomic mass is 10.0. The van der Waals surface area contributed by atoms with Crippen molar-refractivity contribution in [3.8, 4) is 0 Å². The molecule has 0 N–H and O–H groups in total. The van der Waals surface area contributed by atoms with Crippen molar-refractivity contribution in [2.45, 2.75) is 39.5 Å². The first-order valence-electron chi connectivity index (χ1n) is 9.09. The Morgan fingerprint density at radius 2 is 1.62 bits per heavy atom. The van der Waals surface area contributed by atoms with Crippen molar-refractivity contribution in [1.29, 1.82) is 0 Å². The van der Waals surface area contributed by atoms with Crippen LogP contribution in [-0.2, 0) is 25.5 Å². The second-order valence-electron chi connectivity index (χ2n) is 6.80. The molecule has 6 nitrogen and oxygen atoms in total. The molecule has 1 aromatic rings. The van der Waals surface area contributed by atoms with Gasteiger partial charge in [-0.25, -0.2) is 0 Å². The normalized spacial score (nSPS) is 14.7. The van der Waals surface area contributed by atoms with Gasteiger partial charge in [-0.3, -0.25) is 14.4 Å². The van der Waals surface area contributed by atoms with Crippen LogP contribution in [0.5, 0.6) is 0 Å². The van der Waals surface area contributed by atoms with Gasteiger partial charge in [0.2, 0.25) is 11.8 Å². The highest BCUT2D eigenvalue weighted by Crippen LogP contribution is 2.14. The number of amides is 2. The van der Waals surface area contributed by atoms with Crippen LogP contribution in [0.15, 0.2) is 18.2 Å². The van der Waals surface area contributed by atoms with Crippen LogP contribution in [0.25, 0.3) is 0 Å². The molecule has 6 heteroatoms. The molecular formula is C20H28N2O4. The van der Waals surface area contributed by atoms with Gasteiger partial charge in [0, 0.05) is 32.6 Å². The number of carbonyl (C=O) groups is 3. The molecule has 0 spiro atoms. The third-order valence-electron chi connectivity index (χ3n) is 4.82. The fraction of sp³-hybridized carbons (Fsp3) is 0.550. The fourth-order valence-electron chi connectivity index (χ4n) is 3.15. The van der Waals surface area contributed by atoms with E-state index in [0.717, 1.165) is 23.1 Å². The van der Waals surface area contributed by atoms with Crippen LogP contribution < -0.4 is 0 Å². The Balaban J connectivity index is 1.89. The molecule has 1 saturated heterocycles. The van der Waals surface area contributed by atoms with Gasteiger partial charge in [-0.05, 0) is 31.4 Å². The largest absolute Gasteiger partial charge is 0.469 e. The van der Waals surface area contributed by atoms with E-state index in [-0.39, 0.29) is 30.6 Å². The lowest BCUT2D eigenvalue weighted by molar-refractivity contribution is -0.143. The molecule has 0 saturated carbocycles. The summed E-state index contributed by atoms with van der Waals surface area (Å²) in [6, 6.07) is 6.16. The third-order valence-corrected chi connectivity index (χ3v) is 4.82. The average molecular weight is 360 g/mol. The first-order chi connectivity index (χ1) is 12.4. The molecule has 0 aliphatic carbocycles. The van der Waals surface area contributed by atoms with Crippen molar-refractivity contribution >= 4 is 17.8 Å². The Bertz CT molecular complexity index is 672. The summed E-state index contributed by atoms with van der Waals surface area (Å²) in [7, 11) is 1.32. The van der Waals surface area contributed by atoms with Gasteiger partial charge in [-0.1, -0.05) is 23.8 Å². The molecule has 1 aromatic carbocycles. The lowest BCUT2D eigenvalue weighted by Crippen LogP contribution is -2.38. The molecule has 0 unspecified atom stereocenters. The zero-order chi connectivity index (χ0) is 19.1. The molecule has 0 aromatic heterocycles. The van der Waals surface area contributed by atoms with Gasteiger partial charge < -0.3 is 14.5 Å². The van der Waals surface area contributed by atoms with Crippen molar-refractivity contribution < 1.29 is 19.1 Å². The molecule has 142 valence electrons. The SMILES string of the molecule is COC(=O)CCC(=O)N1CCCN(C(=O)Cc2cc(C)ccc2C)CC1. The fourth-order valence-corrected chi connectivity index (χ4v) is 3.15. The summed E-state index contributed by atoms with van der Waals surface area (Å²) < 4.78 is 4.57. The van der Waals surface area contributed by atoms with Crippen molar-refractivity contribution in [3.63, 3.8) is 0 Å². The minimum Gasteiger partial charge on any atom is -0.469 e. The van der Waals surface area contributed by atoms with Crippen molar-refractivity contribution in [1.82, 2.24) is 9.80 Å². The van der Waals surface area contributed by atoms with E-state index in [0.29, 0.717) is 32.6 Å². The summed E-state index contributed by atoms with van der Waals surface area (Å²) in [4.78, 5) is 39.7. The highest BCUT2D eigenvalue weighted by atomic mass is 16.5. The summed E-state index contributed by atoms with van der Waals surface area (Å²) in [5.41, 5.74) is 3.33. The quantitative estimate of drug-likeness (QED) is 0.752. The number of aryl methyl sites for hydroxylation is 2. The van der Waals surface area contributed by atoms with E-state index in [4.69, 9.17) is 0 Å². The summed E-state index contributed by atoms with van der Waals surface area (Å²) >= 11 is 0. The average Bonchev–Trinajstić information content (AvgIpc) is 2.88. The van der Waals surface area contributed by atoms with Gasteiger partial charge in [-0.15, -0.1) is 0 Å². The molecule has 26 heavy (non-hydrogen) atoms. The van der Waals surface area contributed by atoms with Crippen molar-refractivity contribution in [2.75, 3.05) is 33.3 Å². The van der Waals surface area contributed by atoms with Crippen LogP contribution in [0.3, 0.4) is 0 Å². The van der Waals surface area contributed by atoms with Gasteiger partial charge in [0.15, 0.2) is 0 Å². The molecule has 1 aliphatic rings. The van der Waals surface area contributed by atoms with Crippen LogP contribution in [0.4, 0.5) is 0 Å². The Morgan fingerprint density at radius 1 is 0.962 bits per heavy atom. The van der Waals surface area contributed by atoms with E-state index in [2.05, 4.69) is 10.8 Å². The molecule has 2 amide bonds. The molecule has 2 rings (SSSR count). The van der Waals surface area contributed by atoms with Crippen LogP contribution in [0.1, 0.15) is 36.0 Å². The molecule has 1 heterocycles. The molecule has 1 aliphatic heterocycles. The summed E-state index contributed by atoms with van der Waals surface area (Å²) in [6.07, 6.45) is 1.40. The number of methoxy groups -OCH3 is 1. The minimum atomic E-state index is -0.376. The van der Waals surface area contributed by atoms with Crippen LogP contribution in [0.2, 0.25) is 0 Å². The number of ether oxygens (including phenoxy) is 1. The van der Waals surface area contributed by atoms with E-state index in [9.17, 15) is 14.4 Å². The predicted octanol–water partition coefficient (Wildman–Crippen LogP) is 1.86. The van der Waals surface area contributed by atoms with E-state index < -0.39 is 0 Å². The van der Waals surface area contributed by atoms with Gasteiger partial charge in [0.05, 0.1) is 20.0 Å². The van der Waals surface area contributed by atoms with Crippen LogP contribution in [0, 0.1) is 13.8 Å². The van der Waals surface area contributed by atoms with Gasteiger partial charge in [-0.2, -0.15) is 0 Å². The van der Waals surface area contributed by atoms with Gasteiger partial charge in [0.25, 0.3) is 0 Å². The number of hydrogen-bond acceptors (Lipinski definition) is 4. The van der Waals surface area contributed by atoms with Crippen LogP contribution in [-0.4, -0.2) is 60.9 Å². The number of benzene rings is 1. The van der Waals surface area contributed by atoms with E-state index in [1.54, 1.807) is 4.90 Å². The summed E-state index contributed by atoms with van der Waals surface area (Å²) in [5, 5.41) is 0. The smallest absolute Gasteiger partial charge is 0.306 e. The Kier molecular flexibility index (Phi) is 7.18. The first kappa shape index (κ1) is 19.9. The second-order valence-corrected chi connectivity index (χ2v) is 6.80. The number of nitrogens with zero attached hydrogens (tertiary/aromatic N) is 2. The molecule has 0 radical (unpaired) electrons. The molecule has 1 fully saturated rings. The maximum Gasteiger partial charge on any atom is 0.306 e. The minimum absolute atomic E-state index is 0.0563. The highest BCUT2D eigenvalue weighted by molar-refractivity contribution is 5.82. The van der Waals surface area contributed by atoms with Crippen LogP contribution >= 0.6 is 0 Å². The topological polar surface area (TPSA) is 66.9 Å². The third kappa shape index (κ3) is 5.58. The summed E-state index contributed by atoms with van der Waals surface area (Å²) in [6.45, 7) is 6.37. The van der Waals surface area contributed by atoms with Crippen molar-refractivity contribution in [3.05, 3.63) is 34.9 Å². The van der Waals surface area contributed by atoms with Gasteiger partial charge in [0.1, 0.15) is 0 Å². The van der Waals surface area contributed by atoms with E-state index in [1.165, 1.54) is 7.11 Å². The van der Waals surface area contributed by atoms with Gasteiger partial charge >= 0.3 is 5.97 Å². The number of rotatable bonds is 5. The maximum atomic E-state index is 12.7. The lowest BCUT2D eigenvalue weighted by Gasteiger charge is -2.22. The maximum absolute atomic E-state index is 12.7. The second kappa shape index (κ2) is 9.36. The highest BCUT2D eigenvalue weighted by Gasteiger charge is 2.22. The first-order valence-corrected chi connectivity index (χ1v) is 9.09. The summed E-state index contributed by atoms with van der Waals surface area (Å²) in [5.74, 6) is -0.333. The molecule has 0 atom stereocenters. The zero-order valence-corrected chi connectivity index (χ0v) is 15.9. The monoisotopic (exact) mass is 360 g/mol. The number of hydrogen-bond donors (Lipinski definition) is 0. The Hall–Kier alpha value is -2.37. The molecular weight excluding hydrogens is 332 g/mol.